The van der Waals surface area contributed by atoms with E-state index in [1.165, 1.54) is 0 Å². The second kappa shape index (κ2) is 16.5. The molecule has 10 aromatic rings. The van der Waals surface area contributed by atoms with Crippen molar-refractivity contribution in [2.75, 3.05) is 10.6 Å². The van der Waals surface area contributed by atoms with Gasteiger partial charge in [-0.3, -0.25) is 4.57 Å². The summed E-state index contributed by atoms with van der Waals surface area (Å²) >= 11 is 0. The highest BCUT2D eigenvalue weighted by atomic mass is 16.5. The number of aryl methyl sites for hydroxylation is 1. The molecule has 0 spiro atoms. The van der Waals surface area contributed by atoms with Crippen molar-refractivity contribution in [3.8, 4) is 50.7 Å². The van der Waals surface area contributed by atoms with Gasteiger partial charge in [0.15, 0.2) is 0 Å². The van der Waals surface area contributed by atoms with Crippen molar-refractivity contribution >= 4 is 44.6 Å². The lowest BCUT2D eigenvalue weighted by atomic mass is 9.86. The summed E-state index contributed by atoms with van der Waals surface area (Å²) in [6.07, 6.45) is 1.63. The van der Waals surface area contributed by atoms with E-state index in [4.69, 9.17) is 27.5 Å². The van der Waals surface area contributed by atoms with E-state index in [-0.39, 0.29) is 38.9 Å². The van der Waals surface area contributed by atoms with E-state index in [2.05, 4.69) is 31.4 Å². The number of hydrogen-bond donors (Lipinski definition) is 2. The minimum Gasteiger partial charge on any atom is -0.457 e. The predicted molar refractivity (Wildman–Crippen MR) is 264 cm³/mol. The fourth-order valence-corrected chi connectivity index (χ4v) is 7.84. The Morgan fingerprint density at radius 3 is 1.89 bits per heavy atom. The molecule has 0 aliphatic carbocycles. The third kappa shape index (κ3) is 7.93. The summed E-state index contributed by atoms with van der Waals surface area (Å²) < 4.78 is 120. The molecular weight excluding hydrogens is 769 g/mol. The van der Waals surface area contributed by atoms with E-state index in [0.29, 0.717) is 39.9 Å². The van der Waals surface area contributed by atoms with Gasteiger partial charge in [0, 0.05) is 55.6 Å². The maximum atomic E-state index is 8.89. The molecule has 0 fully saturated rings. The molecule has 0 saturated heterocycles. The Hall–Kier alpha value is -7.89. The Morgan fingerprint density at radius 2 is 1.19 bits per heavy atom. The van der Waals surface area contributed by atoms with E-state index in [1.807, 2.05) is 83.4 Å². The molecule has 5 nitrogen and oxygen atoms in total. The summed E-state index contributed by atoms with van der Waals surface area (Å²) in [4.78, 5) is 4.90. The Balaban J connectivity index is 1.01. The molecule has 306 valence electrons. The summed E-state index contributed by atoms with van der Waals surface area (Å²) in [5.74, 6) is 1.39. The van der Waals surface area contributed by atoms with E-state index in [0.717, 1.165) is 32.9 Å². The monoisotopic (exact) mass is 829 g/mol. The number of para-hydroxylation sites is 4. The first-order valence-electron chi connectivity index (χ1n) is 27.0. The van der Waals surface area contributed by atoms with Gasteiger partial charge in [0.1, 0.15) is 17.3 Å². The number of fused-ring (bicyclic) bond motifs is 3. The highest BCUT2D eigenvalue weighted by molar-refractivity contribution is 6.09. The van der Waals surface area contributed by atoms with Crippen molar-refractivity contribution in [2.45, 2.75) is 33.0 Å². The zero-order valence-electron chi connectivity index (χ0n) is 47.7. The second-order valence-corrected chi connectivity index (χ2v) is 16.1. The average molecular weight is 830 g/mol. The van der Waals surface area contributed by atoms with Gasteiger partial charge in [-0.25, -0.2) is 4.98 Å². The van der Waals surface area contributed by atoms with Gasteiger partial charge in [-0.05, 0) is 88.6 Å². The van der Waals surface area contributed by atoms with Crippen LogP contribution in [0, 0.1) is 6.85 Å². The molecule has 2 N–H and O–H groups in total. The summed E-state index contributed by atoms with van der Waals surface area (Å²) in [6.45, 7) is 3.94. The molecule has 0 amide bonds. The van der Waals surface area contributed by atoms with E-state index >= 15 is 0 Å². The summed E-state index contributed by atoms with van der Waals surface area (Å²) in [7, 11) is 0. The van der Waals surface area contributed by atoms with Crippen molar-refractivity contribution in [2.24, 2.45) is 0 Å². The second-order valence-electron chi connectivity index (χ2n) is 16.1. The van der Waals surface area contributed by atoms with Crippen LogP contribution in [0.2, 0.25) is 0 Å². The molecule has 0 aliphatic rings. The highest BCUT2D eigenvalue weighted by Crippen LogP contribution is 2.41. The third-order valence-electron chi connectivity index (χ3n) is 11.0. The minimum atomic E-state index is -2.45. The van der Waals surface area contributed by atoms with Gasteiger partial charge in [-0.1, -0.05) is 160 Å². The average Bonchev–Trinajstić information content (AvgIpc) is 3.73. The number of nitrogens with one attached hydrogen (secondary N) is 2. The number of anilines is 4. The van der Waals surface area contributed by atoms with Crippen LogP contribution >= 0.6 is 0 Å². The molecule has 0 aliphatic heterocycles. The van der Waals surface area contributed by atoms with Crippen molar-refractivity contribution in [3.05, 3.63) is 217 Å². The Bertz CT molecular complexity index is 3810. The van der Waals surface area contributed by atoms with Gasteiger partial charge in [0.25, 0.3) is 0 Å². The lowest BCUT2D eigenvalue weighted by Crippen LogP contribution is -2.10. The van der Waals surface area contributed by atoms with Gasteiger partial charge < -0.3 is 15.4 Å². The van der Waals surface area contributed by atoms with Crippen molar-refractivity contribution < 1.29 is 22.6 Å². The van der Waals surface area contributed by atoms with Crippen molar-refractivity contribution in [1.82, 2.24) is 9.55 Å². The molecule has 0 unspecified atom stereocenters. The number of rotatable bonds is 10. The van der Waals surface area contributed by atoms with E-state index in [1.54, 1.807) is 66.9 Å². The smallest absolute Gasteiger partial charge is 0.137 e. The molecule has 8 aromatic carbocycles. The fraction of sp³-hybridized carbons (Fsp3) is 0.0862. The number of hydrogen-bond acceptors (Lipinski definition) is 4. The van der Waals surface area contributed by atoms with Crippen LogP contribution in [0.4, 0.5) is 22.7 Å². The Kier molecular flexibility index (Phi) is 7.12. The van der Waals surface area contributed by atoms with Gasteiger partial charge in [0.05, 0.1) is 41.8 Å². The molecule has 63 heavy (non-hydrogen) atoms. The molecule has 0 atom stereocenters. The molecule has 0 bridgehead atoms. The zero-order valence-corrected chi connectivity index (χ0v) is 34.7. The maximum absolute atomic E-state index is 8.89. The van der Waals surface area contributed by atoms with E-state index in [9.17, 15) is 0 Å². The van der Waals surface area contributed by atoms with Crippen LogP contribution in [-0.4, -0.2) is 9.55 Å². The maximum Gasteiger partial charge on any atom is 0.137 e. The minimum absolute atomic E-state index is 0.0738. The van der Waals surface area contributed by atoms with Gasteiger partial charge in [0.2, 0.25) is 0 Å². The summed E-state index contributed by atoms with van der Waals surface area (Å²) in [5, 5.41) is 8.66. The lowest BCUT2D eigenvalue weighted by molar-refractivity contribution is 0.483. The number of nitrogens with zero attached hydrogens (tertiary/aromatic N) is 2. The predicted octanol–water partition coefficient (Wildman–Crippen LogP) is 16.1. The summed E-state index contributed by atoms with van der Waals surface area (Å²) in [5.41, 5.74) is 5.73. The standard InChI is InChI=1S/C58H48N4O/c1-39-35-56(59-38-51(39)42-29-31-43(32-30-42)58(2,3)4)62-54-28-14-11-23-49(54)50-34-33-46(37-55(50)62)63-45-22-15-21-44(36-45)60-52-26-12-13-27-53(52)61-57-47(40-17-7-5-8-18-40)24-16-25-48(57)41-19-9-6-10-20-41/h5-38,60-61H,1-4H3/i1D3,5D,6D,7D,8D,9D,10D,17D,18D,19D,20D. The number of aromatic nitrogens is 2. The van der Waals surface area contributed by atoms with E-state index < -0.39 is 67.3 Å². The molecule has 5 heteroatoms. The lowest BCUT2D eigenvalue weighted by Gasteiger charge is -2.20. The first-order chi connectivity index (χ1) is 36.1. The Morgan fingerprint density at radius 1 is 0.556 bits per heavy atom. The molecule has 0 saturated carbocycles. The van der Waals surface area contributed by atoms with Gasteiger partial charge in [-0.2, -0.15) is 0 Å². The zero-order chi connectivity index (χ0) is 54.1. The first-order valence-corrected chi connectivity index (χ1v) is 20.5. The Labute approximate surface area is 387 Å². The van der Waals surface area contributed by atoms with Crippen LogP contribution in [0.15, 0.2) is 206 Å². The van der Waals surface area contributed by atoms with Crippen LogP contribution in [0.1, 0.15) is 49.7 Å². The molecule has 2 aromatic heterocycles. The number of pyridine rings is 1. The van der Waals surface area contributed by atoms with Crippen LogP contribution in [0.25, 0.3) is 61.0 Å². The summed E-state index contributed by atoms with van der Waals surface area (Å²) in [6, 6.07) is 36.8. The topological polar surface area (TPSA) is 51.1 Å². The van der Waals surface area contributed by atoms with Crippen LogP contribution < -0.4 is 15.4 Å². The molecule has 2 heterocycles. The first kappa shape index (κ1) is 27.1. The number of benzene rings is 8. The molecular formula is C58H48N4O. The van der Waals surface area contributed by atoms with Crippen LogP contribution in [0.5, 0.6) is 11.5 Å². The third-order valence-corrected chi connectivity index (χ3v) is 11.0. The van der Waals surface area contributed by atoms with Crippen LogP contribution in [0.3, 0.4) is 0 Å². The fourth-order valence-electron chi connectivity index (χ4n) is 7.84. The normalized spacial score (nSPS) is 14.6. The van der Waals surface area contributed by atoms with Crippen molar-refractivity contribution in [3.63, 3.8) is 0 Å². The molecule has 10 rings (SSSR count). The number of ether oxygens (including phenoxy) is 1. The largest absolute Gasteiger partial charge is 0.457 e. The van der Waals surface area contributed by atoms with Crippen LogP contribution in [-0.2, 0) is 5.41 Å². The highest BCUT2D eigenvalue weighted by Gasteiger charge is 2.18. The van der Waals surface area contributed by atoms with Gasteiger partial charge in [-0.15, -0.1) is 0 Å². The quantitative estimate of drug-likeness (QED) is 0.144. The SMILES string of the molecule is [2H]c1c([2H])c([2H])c(-c2cccc(-c3c([2H])c([2H])c([2H])c([2H])c3[2H])c2Nc2ccccc2Nc2cccc(Oc3ccc4c5ccccc5n(-c5cc(C([2H])([2H])[2H])c(-c6ccc(C(C)(C)C)cc6)cn5)c4c3)c2)c([2H])c1[2H]. The van der Waals surface area contributed by atoms with Crippen molar-refractivity contribution in [1.29, 1.82) is 0 Å². The molecule has 0 radical (unpaired) electrons. The van der Waals surface area contributed by atoms with Gasteiger partial charge >= 0.3 is 0 Å².